The Kier molecular flexibility index (Phi) is 9.76. The van der Waals surface area contributed by atoms with Crippen LogP contribution in [0.4, 0.5) is 5.69 Å². The van der Waals surface area contributed by atoms with E-state index in [0.29, 0.717) is 30.3 Å². The number of hydrogen-bond donors (Lipinski definition) is 2. The fraction of sp³-hybridized carbons (Fsp3) is 0.545. The highest BCUT2D eigenvalue weighted by molar-refractivity contribution is 7.90. The molecule has 8 nitrogen and oxygen atoms in total. The van der Waals surface area contributed by atoms with Gasteiger partial charge in [-0.3, -0.25) is 4.79 Å². The fourth-order valence-electron chi connectivity index (χ4n) is 6.63. The molecule has 0 saturated heterocycles. The lowest BCUT2D eigenvalue weighted by Gasteiger charge is -2.49. The summed E-state index contributed by atoms with van der Waals surface area (Å²) in [6.45, 7) is 5.06. The number of benzene rings is 2. The van der Waals surface area contributed by atoms with E-state index in [4.69, 9.17) is 21.1 Å². The van der Waals surface area contributed by atoms with E-state index in [1.807, 2.05) is 37.3 Å². The third-order valence-electron chi connectivity index (χ3n) is 9.80. The second-order valence-electron chi connectivity index (χ2n) is 12.3. The third-order valence-corrected chi connectivity index (χ3v) is 11.9. The zero-order chi connectivity index (χ0) is 30.8. The predicted octanol–water partition coefficient (Wildman–Crippen LogP) is 5.51. The van der Waals surface area contributed by atoms with Gasteiger partial charge < -0.3 is 19.5 Å². The van der Waals surface area contributed by atoms with Crippen molar-refractivity contribution >= 4 is 33.2 Å². The summed E-state index contributed by atoms with van der Waals surface area (Å²) in [5.41, 5.74) is 2.39. The van der Waals surface area contributed by atoms with Crippen LogP contribution >= 0.6 is 11.6 Å². The number of ether oxygens (including phenoxy) is 2. The number of carbonyl (C=O) groups is 1. The molecule has 5 atom stereocenters. The number of nitrogens with one attached hydrogen (secondary N) is 1. The van der Waals surface area contributed by atoms with E-state index in [0.717, 1.165) is 55.5 Å². The van der Waals surface area contributed by atoms with Crippen molar-refractivity contribution in [2.45, 2.75) is 69.8 Å². The lowest BCUT2D eigenvalue weighted by atomic mass is 9.64. The van der Waals surface area contributed by atoms with E-state index in [1.54, 1.807) is 32.2 Å². The largest absolute Gasteiger partial charge is 0.487 e. The molecule has 2 bridgehead atoms. The second kappa shape index (κ2) is 13.2. The normalized spacial score (nSPS) is 30.3. The Morgan fingerprint density at radius 1 is 1.14 bits per heavy atom. The van der Waals surface area contributed by atoms with Crippen molar-refractivity contribution in [2.24, 2.45) is 17.8 Å². The van der Waals surface area contributed by atoms with E-state index < -0.39 is 26.8 Å². The van der Waals surface area contributed by atoms with Gasteiger partial charge in [-0.05, 0) is 105 Å². The van der Waals surface area contributed by atoms with Crippen LogP contribution in [0, 0.1) is 17.8 Å². The van der Waals surface area contributed by atoms with Crippen molar-refractivity contribution in [3.05, 3.63) is 70.3 Å². The van der Waals surface area contributed by atoms with E-state index >= 15 is 0 Å². The molecule has 43 heavy (non-hydrogen) atoms. The van der Waals surface area contributed by atoms with Crippen molar-refractivity contribution in [3.8, 4) is 5.75 Å². The van der Waals surface area contributed by atoms with Gasteiger partial charge in [-0.15, -0.1) is 0 Å². The molecule has 0 aromatic heterocycles. The van der Waals surface area contributed by atoms with Crippen molar-refractivity contribution in [1.29, 1.82) is 0 Å². The Morgan fingerprint density at radius 3 is 2.67 bits per heavy atom. The summed E-state index contributed by atoms with van der Waals surface area (Å²) < 4.78 is 41.2. The van der Waals surface area contributed by atoms with Crippen LogP contribution in [0.1, 0.15) is 67.4 Å². The van der Waals surface area contributed by atoms with Crippen LogP contribution in [0.2, 0.25) is 5.02 Å². The van der Waals surface area contributed by atoms with Gasteiger partial charge in [-0.2, -0.15) is 0 Å². The first-order chi connectivity index (χ1) is 20.6. The minimum atomic E-state index is -3.95. The summed E-state index contributed by atoms with van der Waals surface area (Å²) >= 11 is 6.32. The molecule has 0 radical (unpaired) electrons. The van der Waals surface area contributed by atoms with Gasteiger partial charge in [0, 0.05) is 30.8 Å². The molecule has 10 heteroatoms. The third kappa shape index (κ3) is 6.75. The Labute approximate surface area is 260 Å². The van der Waals surface area contributed by atoms with Gasteiger partial charge in [0.05, 0.1) is 17.5 Å². The Balaban J connectivity index is 1.58. The monoisotopic (exact) mass is 630 g/mol. The summed E-state index contributed by atoms with van der Waals surface area (Å²) in [6, 6.07) is 11.0. The maximum atomic E-state index is 13.4. The summed E-state index contributed by atoms with van der Waals surface area (Å²) in [4.78, 5) is 15.6. The number of halogens is 1. The SMILES string of the molecule is CO[C@]1(CO)/C=C/C[C@H](C)[C@@H](C)S(=O)(=O)NC(=O)c2ccc3c(c2)N(CCCCc2cc(Cl)ccc2CO3)C[C@@H]2CC[C@H]21. The molecular weight excluding hydrogens is 588 g/mol. The molecule has 1 fully saturated rings. The number of methoxy groups -OCH3 is 1. The number of amides is 1. The lowest BCUT2D eigenvalue weighted by molar-refractivity contribution is -0.103. The van der Waals surface area contributed by atoms with Crippen LogP contribution < -0.4 is 14.4 Å². The van der Waals surface area contributed by atoms with E-state index in [-0.39, 0.29) is 29.9 Å². The number of hydrogen-bond acceptors (Lipinski definition) is 7. The molecule has 3 aliphatic rings. The van der Waals surface area contributed by atoms with Crippen molar-refractivity contribution in [3.63, 3.8) is 0 Å². The van der Waals surface area contributed by atoms with Crippen LogP contribution in [0.5, 0.6) is 5.75 Å². The lowest BCUT2D eigenvalue weighted by Crippen LogP contribution is -2.53. The first kappa shape index (κ1) is 31.8. The van der Waals surface area contributed by atoms with E-state index in [1.165, 1.54) is 0 Å². The number of aliphatic hydroxyl groups is 1. The molecule has 2 N–H and O–H groups in total. The van der Waals surface area contributed by atoms with Gasteiger partial charge in [0.15, 0.2) is 0 Å². The van der Waals surface area contributed by atoms with Gasteiger partial charge in [0.25, 0.3) is 5.91 Å². The number of fused-ring (bicyclic) bond motifs is 3. The van der Waals surface area contributed by atoms with Crippen LogP contribution in [0.3, 0.4) is 0 Å². The molecule has 2 aromatic rings. The number of carbonyl (C=O) groups excluding carboxylic acids is 1. The average molecular weight is 631 g/mol. The number of allylic oxidation sites excluding steroid dienone is 1. The van der Waals surface area contributed by atoms with Crippen LogP contribution in [0.25, 0.3) is 0 Å². The van der Waals surface area contributed by atoms with Gasteiger partial charge in [-0.25, -0.2) is 13.1 Å². The zero-order valence-electron chi connectivity index (χ0n) is 25.2. The van der Waals surface area contributed by atoms with Gasteiger partial charge >= 0.3 is 0 Å². The highest BCUT2D eigenvalue weighted by atomic mass is 35.5. The molecular formula is C33H43ClN2O6S. The minimum absolute atomic E-state index is 0.0866. The molecule has 0 unspecified atom stereocenters. The first-order valence-electron chi connectivity index (χ1n) is 15.3. The standard InChI is InChI=1S/C33H43ClN2O6S/c1-22-7-6-15-33(21-37,41-3)29-13-10-26(29)19-36-16-5-4-8-24-17-28(34)12-9-27(24)20-42-31-14-11-25(18-30(31)36)32(38)35-43(39,40)23(22)2/h6,9,11-12,14-15,17-18,22-23,26,29,37H,4-5,7-8,10,13,16,19-21H2,1-3H3,(H,35,38)/b15-6+/t22-,23+,26-,29+,33-/m0/s1. The number of aliphatic hydroxyl groups excluding tert-OH is 1. The van der Waals surface area contributed by atoms with Gasteiger partial charge in [0.2, 0.25) is 10.0 Å². The highest BCUT2D eigenvalue weighted by Gasteiger charge is 2.47. The topological polar surface area (TPSA) is 105 Å². The Morgan fingerprint density at radius 2 is 1.95 bits per heavy atom. The van der Waals surface area contributed by atoms with E-state index in [9.17, 15) is 18.3 Å². The predicted molar refractivity (Wildman–Crippen MR) is 169 cm³/mol. The van der Waals surface area contributed by atoms with Gasteiger partial charge in [0.1, 0.15) is 18.0 Å². The number of aryl methyl sites for hydroxylation is 1. The quantitative estimate of drug-likeness (QED) is 0.422. The number of anilines is 1. The smallest absolute Gasteiger partial charge is 0.264 e. The summed E-state index contributed by atoms with van der Waals surface area (Å²) in [5, 5.41) is 10.5. The fourth-order valence-corrected chi connectivity index (χ4v) is 8.11. The summed E-state index contributed by atoms with van der Waals surface area (Å²) in [5.74, 6) is 0.0329. The maximum absolute atomic E-state index is 13.4. The van der Waals surface area contributed by atoms with Gasteiger partial charge in [-0.1, -0.05) is 36.7 Å². The second-order valence-corrected chi connectivity index (χ2v) is 14.8. The number of nitrogens with zero attached hydrogens (tertiary/aromatic N) is 1. The molecule has 2 aromatic carbocycles. The van der Waals surface area contributed by atoms with Crippen molar-refractivity contribution < 1.29 is 27.8 Å². The van der Waals surface area contributed by atoms with Crippen LogP contribution in [0.15, 0.2) is 48.6 Å². The van der Waals surface area contributed by atoms with Crippen LogP contribution in [-0.2, 0) is 27.8 Å². The number of rotatable bonds is 2. The summed E-state index contributed by atoms with van der Waals surface area (Å²) in [6.07, 6.45) is 8.95. The molecule has 234 valence electrons. The number of sulfonamides is 1. The highest BCUT2D eigenvalue weighted by Crippen LogP contribution is 2.46. The maximum Gasteiger partial charge on any atom is 0.264 e. The first-order valence-corrected chi connectivity index (χ1v) is 17.2. The Bertz CT molecular complexity index is 1460. The van der Waals surface area contributed by atoms with Crippen LogP contribution in [-0.4, -0.2) is 57.1 Å². The molecule has 2 aliphatic heterocycles. The molecule has 0 spiro atoms. The Hall–Kier alpha value is -2.59. The summed E-state index contributed by atoms with van der Waals surface area (Å²) in [7, 11) is -2.32. The average Bonchev–Trinajstić information content (AvgIpc) is 3.00. The molecule has 1 aliphatic carbocycles. The molecule has 1 amide bonds. The zero-order valence-corrected chi connectivity index (χ0v) is 26.8. The van der Waals surface area contributed by atoms with Crippen molar-refractivity contribution in [2.75, 3.05) is 31.7 Å². The molecule has 2 heterocycles. The molecule has 5 rings (SSSR count). The van der Waals surface area contributed by atoms with E-state index in [2.05, 4.69) is 9.62 Å². The molecule has 1 saturated carbocycles. The minimum Gasteiger partial charge on any atom is -0.487 e. The van der Waals surface area contributed by atoms with Crippen molar-refractivity contribution in [1.82, 2.24) is 4.72 Å².